The predicted octanol–water partition coefficient (Wildman–Crippen LogP) is 4.40. The van der Waals surface area contributed by atoms with Crippen molar-refractivity contribution in [3.63, 3.8) is 0 Å². The number of hydrogen-bond acceptors (Lipinski definition) is 3. The van der Waals surface area contributed by atoms with Crippen LogP contribution in [-0.2, 0) is 13.1 Å². The SMILES string of the molecule is CCn1ccnc1[C@@H](NCc1cccc(OC)c1)c1ccc(I)cc1. The lowest BCUT2D eigenvalue weighted by Gasteiger charge is -2.20. The van der Waals surface area contributed by atoms with Crippen molar-refractivity contribution < 1.29 is 4.74 Å². The number of aryl methyl sites for hydroxylation is 1. The van der Waals surface area contributed by atoms with Crippen molar-refractivity contribution >= 4 is 22.6 Å². The number of ether oxygens (including phenoxy) is 1. The minimum atomic E-state index is 0.0400. The molecule has 0 radical (unpaired) electrons. The second kappa shape index (κ2) is 8.49. The van der Waals surface area contributed by atoms with Gasteiger partial charge in [0.2, 0.25) is 0 Å². The molecule has 4 nitrogen and oxygen atoms in total. The predicted molar refractivity (Wildman–Crippen MR) is 109 cm³/mol. The van der Waals surface area contributed by atoms with Gasteiger partial charge in [-0.15, -0.1) is 0 Å². The molecule has 1 N–H and O–H groups in total. The molecule has 0 aliphatic carbocycles. The highest BCUT2D eigenvalue weighted by Crippen LogP contribution is 2.23. The molecule has 0 aliphatic heterocycles. The van der Waals surface area contributed by atoms with Gasteiger partial charge in [0.1, 0.15) is 11.6 Å². The normalized spacial score (nSPS) is 12.1. The maximum absolute atomic E-state index is 5.32. The minimum absolute atomic E-state index is 0.0400. The van der Waals surface area contributed by atoms with Crippen molar-refractivity contribution in [1.82, 2.24) is 14.9 Å². The fourth-order valence-corrected chi connectivity index (χ4v) is 3.22. The van der Waals surface area contributed by atoms with Crippen molar-refractivity contribution in [3.05, 3.63) is 81.4 Å². The third-order valence-corrected chi connectivity index (χ3v) is 4.91. The van der Waals surface area contributed by atoms with E-state index in [0.717, 1.165) is 24.7 Å². The summed E-state index contributed by atoms with van der Waals surface area (Å²) in [6, 6.07) is 16.8. The first-order chi connectivity index (χ1) is 12.2. The molecule has 0 spiro atoms. The number of halogens is 1. The Morgan fingerprint density at radius 2 is 2.00 bits per heavy atom. The zero-order valence-corrected chi connectivity index (χ0v) is 16.6. The molecule has 0 amide bonds. The summed E-state index contributed by atoms with van der Waals surface area (Å²) in [6.45, 7) is 3.78. The molecule has 2 aromatic carbocycles. The number of aromatic nitrogens is 2. The molecule has 0 fully saturated rings. The number of nitrogens with zero attached hydrogens (tertiary/aromatic N) is 2. The number of hydrogen-bond donors (Lipinski definition) is 1. The monoisotopic (exact) mass is 447 g/mol. The van der Waals surface area contributed by atoms with Crippen LogP contribution in [0.4, 0.5) is 0 Å². The van der Waals surface area contributed by atoms with Gasteiger partial charge in [-0.2, -0.15) is 0 Å². The van der Waals surface area contributed by atoms with Crippen molar-refractivity contribution in [2.75, 3.05) is 7.11 Å². The van der Waals surface area contributed by atoms with Crippen LogP contribution in [0.25, 0.3) is 0 Å². The summed E-state index contributed by atoms with van der Waals surface area (Å²) in [5, 5.41) is 3.66. The van der Waals surface area contributed by atoms with Crippen LogP contribution in [-0.4, -0.2) is 16.7 Å². The van der Waals surface area contributed by atoms with E-state index in [9.17, 15) is 0 Å². The number of nitrogens with one attached hydrogen (secondary N) is 1. The van der Waals surface area contributed by atoms with Gasteiger partial charge in [0.05, 0.1) is 13.2 Å². The smallest absolute Gasteiger partial charge is 0.130 e. The molecule has 3 aromatic rings. The second-order valence-corrected chi connectivity index (χ2v) is 7.03. The quantitative estimate of drug-likeness (QED) is 0.546. The van der Waals surface area contributed by atoms with Crippen LogP contribution in [0.5, 0.6) is 5.75 Å². The first-order valence-electron chi connectivity index (χ1n) is 8.34. The molecule has 1 aromatic heterocycles. The maximum Gasteiger partial charge on any atom is 0.130 e. The average molecular weight is 447 g/mol. The van der Waals surface area contributed by atoms with Gasteiger partial charge >= 0.3 is 0 Å². The number of methoxy groups -OCH3 is 1. The average Bonchev–Trinajstić information content (AvgIpc) is 3.12. The Balaban J connectivity index is 1.87. The third-order valence-electron chi connectivity index (χ3n) is 4.19. The van der Waals surface area contributed by atoms with Crippen LogP contribution in [0.15, 0.2) is 60.9 Å². The lowest BCUT2D eigenvalue weighted by atomic mass is 10.1. The summed E-state index contributed by atoms with van der Waals surface area (Å²) in [6.07, 6.45) is 3.90. The van der Waals surface area contributed by atoms with E-state index in [1.165, 1.54) is 14.7 Å². The molecule has 1 atom stereocenters. The van der Waals surface area contributed by atoms with Crippen LogP contribution in [0, 0.1) is 3.57 Å². The summed E-state index contributed by atoms with van der Waals surface area (Å²) in [5.41, 5.74) is 2.40. The molecule has 25 heavy (non-hydrogen) atoms. The molecule has 3 rings (SSSR count). The standard InChI is InChI=1S/C20H22IN3O/c1-3-24-12-11-22-20(24)19(16-7-9-17(21)10-8-16)23-14-15-5-4-6-18(13-15)25-2/h4-13,19,23H,3,14H2,1-2H3/t19-/m0/s1. The summed E-state index contributed by atoms with van der Waals surface area (Å²) >= 11 is 2.33. The van der Waals surface area contributed by atoms with Gasteiger partial charge in [-0.05, 0) is 64.9 Å². The summed E-state index contributed by atoms with van der Waals surface area (Å²) in [4.78, 5) is 4.61. The fourth-order valence-electron chi connectivity index (χ4n) is 2.86. The van der Waals surface area contributed by atoms with E-state index >= 15 is 0 Å². The molecule has 0 saturated heterocycles. The highest BCUT2D eigenvalue weighted by molar-refractivity contribution is 14.1. The van der Waals surface area contributed by atoms with Gasteiger partial charge in [0, 0.05) is 29.1 Å². The van der Waals surface area contributed by atoms with Gasteiger partial charge < -0.3 is 9.30 Å². The molecule has 0 bridgehead atoms. The second-order valence-electron chi connectivity index (χ2n) is 5.79. The maximum atomic E-state index is 5.32. The number of imidazole rings is 1. The number of rotatable bonds is 7. The third kappa shape index (κ3) is 4.41. The number of benzene rings is 2. The zero-order valence-electron chi connectivity index (χ0n) is 14.4. The zero-order chi connectivity index (χ0) is 17.6. The molecule has 5 heteroatoms. The van der Waals surface area contributed by atoms with Crippen molar-refractivity contribution in [2.24, 2.45) is 0 Å². The van der Waals surface area contributed by atoms with Gasteiger partial charge in [-0.1, -0.05) is 24.3 Å². The Morgan fingerprint density at radius 3 is 2.72 bits per heavy atom. The van der Waals surface area contributed by atoms with Crippen molar-refractivity contribution in [3.8, 4) is 5.75 Å². The van der Waals surface area contributed by atoms with Crippen LogP contribution < -0.4 is 10.1 Å². The van der Waals surface area contributed by atoms with E-state index in [4.69, 9.17) is 4.74 Å². The van der Waals surface area contributed by atoms with E-state index in [1.54, 1.807) is 7.11 Å². The first-order valence-corrected chi connectivity index (χ1v) is 9.42. The van der Waals surface area contributed by atoms with Crippen LogP contribution in [0.2, 0.25) is 0 Å². The molecular weight excluding hydrogens is 425 g/mol. The Labute approximate surface area is 162 Å². The van der Waals surface area contributed by atoms with Crippen LogP contribution >= 0.6 is 22.6 Å². The van der Waals surface area contributed by atoms with E-state index in [2.05, 4.69) is 80.8 Å². The van der Waals surface area contributed by atoms with Crippen molar-refractivity contribution in [1.29, 1.82) is 0 Å². The fraction of sp³-hybridized carbons (Fsp3) is 0.250. The highest BCUT2D eigenvalue weighted by Gasteiger charge is 2.18. The Hall–Kier alpha value is -1.86. The minimum Gasteiger partial charge on any atom is -0.497 e. The van der Waals surface area contributed by atoms with Gasteiger partial charge in [-0.3, -0.25) is 5.32 Å². The molecule has 1 heterocycles. The lowest BCUT2D eigenvalue weighted by molar-refractivity contribution is 0.414. The summed E-state index contributed by atoms with van der Waals surface area (Å²) < 4.78 is 8.73. The summed E-state index contributed by atoms with van der Waals surface area (Å²) in [7, 11) is 1.69. The first kappa shape index (κ1) is 17.9. The lowest BCUT2D eigenvalue weighted by Crippen LogP contribution is -2.25. The van der Waals surface area contributed by atoms with Gasteiger partial charge in [-0.25, -0.2) is 4.98 Å². The van der Waals surface area contributed by atoms with E-state index in [-0.39, 0.29) is 6.04 Å². The summed E-state index contributed by atoms with van der Waals surface area (Å²) in [5.74, 6) is 1.91. The van der Waals surface area contributed by atoms with Crippen LogP contribution in [0.3, 0.4) is 0 Å². The topological polar surface area (TPSA) is 39.1 Å². The molecule has 130 valence electrons. The largest absolute Gasteiger partial charge is 0.497 e. The molecule has 0 saturated carbocycles. The van der Waals surface area contributed by atoms with E-state index < -0.39 is 0 Å². The van der Waals surface area contributed by atoms with Gasteiger partial charge in [0.25, 0.3) is 0 Å². The van der Waals surface area contributed by atoms with Crippen LogP contribution in [0.1, 0.15) is 29.9 Å². The van der Waals surface area contributed by atoms with Crippen molar-refractivity contribution in [2.45, 2.75) is 26.1 Å². The molecule has 0 unspecified atom stereocenters. The van der Waals surface area contributed by atoms with E-state index in [1.807, 2.05) is 24.5 Å². The van der Waals surface area contributed by atoms with Gasteiger partial charge in [0.15, 0.2) is 0 Å². The Kier molecular flexibility index (Phi) is 6.09. The van der Waals surface area contributed by atoms with E-state index in [0.29, 0.717) is 0 Å². The Bertz CT molecular complexity index is 814. The highest BCUT2D eigenvalue weighted by atomic mass is 127. The Morgan fingerprint density at radius 1 is 1.20 bits per heavy atom. The molecular formula is C20H22IN3O. The molecule has 0 aliphatic rings.